The van der Waals surface area contributed by atoms with Crippen LogP contribution < -0.4 is 4.74 Å². The van der Waals surface area contributed by atoms with Gasteiger partial charge in [-0.25, -0.2) is 18.4 Å². The maximum atomic E-state index is 13.8. The molecule has 0 spiro atoms. The third kappa shape index (κ3) is 6.38. The molecule has 230 valence electrons. The number of carbonyl (C=O) groups excluding carboxylic acids is 1. The molecule has 12 heteroatoms. The quantitative estimate of drug-likeness (QED) is 0.254. The van der Waals surface area contributed by atoms with Crippen molar-refractivity contribution in [1.29, 1.82) is 0 Å². The third-order valence-electron chi connectivity index (χ3n) is 7.68. The lowest BCUT2D eigenvalue weighted by atomic mass is 10.0. The summed E-state index contributed by atoms with van der Waals surface area (Å²) in [4.78, 5) is 16.2. The van der Waals surface area contributed by atoms with E-state index in [4.69, 9.17) is 14.2 Å². The SMILES string of the molecule is Cc1c(-c2cc(OC(CN3C=COC=C3)c3ccc(F)cc3)c3ccnn3c2)nnn1C1CCN(C(=O)OC(C)(C)C)CC1. The summed E-state index contributed by atoms with van der Waals surface area (Å²) in [6.45, 7) is 9.25. The van der Waals surface area contributed by atoms with Crippen LogP contribution in [0.15, 0.2) is 73.7 Å². The minimum atomic E-state index is -0.529. The molecule has 2 aliphatic heterocycles. The molecular weight excluding hydrogens is 565 g/mol. The summed E-state index contributed by atoms with van der Waals surface area (Å²) in [5.41, 5.74) is 3.52. The molecular formula is C32H36FN7O4. The van der Waals surface area contributed by atoms with E-state index in [2.05, 4.69) is 15.4 Å². The first kappa shape index (κ1) is 29.2. The molecule has 44 heavy (non-hydrogen) atoms. The number of aromatic nitrogens is 5. The van der Waals surface area contributed by atoms with Gasteiger partial charge in [0.1, 0.15) is 47.0 Å². The van der Waals surface area contributed by atoms with Gasteiger partial charge in [0.15, 0.2) is 0 Å². The minimum absolute atomic E-state index is 0.108. The molecule has 6 rings (SSSR count). The molecule has 1 aromatic carbocycles. The fourth-order valence-corrected chi connectivity index (χ4v) is 5.47. The molecule has 4 aromatic rings. The lowest BCUT2D eigenvalue weighted by Gasteiger charge is -2.33. The van der Waals surface area contributed by atoms with Crippen molar-refractivity contribution in [3.63, 3.8) is 0 Å². The Morgan fingerprint density at radius 1 is 1.11 bits per heavy atom. The van der Waals surface area contributed by atoms with Crippen LogP contribution in [0, 0.1) is 12.7 Å². The lowest BCUT2D eigenvalue weighted by Crippen LogP contribution is -2.42. The number of hydrogen-bond acceptors (Lipinski definition) is 8. The molecule has 1 unspecified atom stereocenters. The van der Waals surface area contributed by atoms with Gasteiger partial charge in [0.2, 0.25) is 0 Å². The number of likely N-dealkylation sites (tertiary alicyclic amines) is 1. The zero-order chi connectivity index (χ0) is 30.8. The van der Waals surface area contributed by atoms with Crippen LogP contribution in [-0.2, 0) is 9.47 Å². The molecule has 11 nitrogen and oxygen atoms in total. The van der Waals surface area contributed by atoms with Gasteiger partial charge in [-0.1, -0.05) is 17.3 Å². The van der Waals surface area contributed by atoms with Crippen LogP contribution in [0.4, 0.5) is 9.18 Å². The highest BCUT2D eigenvalue weighted by Gasteiger charge is 2.29. The summed E-state index contributed by atoms with van der Waals surface area (Å²) in [7, 11) is 0. The van der Waals surface area contributed by atoms with Gasteiger partial charge in [-0.3, -0.25) is 0 Å². The van der Waals surface area contributed by atoms with Gasteiger partial charge in [-0.15, -0.1) is 5.10 Å². The van der Waals surface area contributed by atoms with Gasteiger partial charge in [-0.2, -0.15) is 5.10 Å². The summed E-state index contributed by atoms with van der Waals surface area (Å²) in [5.74, 6) is 0.295. The topological polar surface area (TPSA) is 99.3 Å². The first-order valence-electron chi connectivity index (χ1n) is 14.7. The molecule has 1 atom stereocenters. The third-order valence-corrected chi connectivity index (χ3v) is 7.68. The Morgan fingerprint density at radius 2 is 1.84 bits per heavy atom. The van der Waals surface area contributed by atoms with Crippen molar-refractivity contribution in [3.05, 3.63) is 90.8 Å². The summed E-state index contributed by atoms with van der Waals surface area (Å²) in [5, 5.41) is 13.6. The molecule has 2 aliphatic rings. The molecule has 0 radical (unpaired) electrons. The van der Waals surface area contributed by atoms with Gasteiger partial charge >= 0.3 is 6.09 Å². The number of fused-ring (bicyclic) bond motifs is 1. The fraction of sp³-hybridized carbons (Fsp3) is 0.375. The number of halogens is 1. The summed E-state index contributed by atoms with van der Waals surface area (Å²) >= 11 is 0. The average molecular weight is 602 g/mol. The van der Waals surface area contributed by atoms with Crippen molar-refractivity contribution in [2.45, 2.75) is 58.3 Å². The number of carbonyl (C=O) groups is 1. The number of pyridine rings is 1. The van der Waals surface area contributed by atoms with E-state index in [0.717, 1.165) is 40.9 Å². The smallest absolute Gasteiger partial charge is 0.410 e. The maximum Gasteiger partial charge on any atom is 0.410 e. The maximum absolute atomic E-state index is 13.8. The van der Waals surface area contributed by atoms with E-state index < -0.39 is 11.7 Å². The minimum Gasteiger partial charge on any atom is -0.482 e. The largest absolute Gasteiger partial charge is 0.482 e. The molecule has 1 amide bonds. The Balaban J connectivity index is 1.25. The summed E-state index contributed by atoms with van der Waals surface area (Å²) in [6.07, 6.45) is 11.2. The van der Waals surface area contributed by atoms with Crippen molar-refractivity contribution >= 4 is 11.6 Å². The van der Waals surface area contributed by atoms with E-state index in [9.17, 15) is 9.18 Å². The Bertz CT molecular complexity index is 1670. The van der Waals surface area contributed by atoms with Gasteiger partial charge < -0.3 is 24.0 Å². The number of hydrogen-bond donors (Lipinski definition) is 0. The number of nitrogens with zero attached hydrogens (tertiary/aromatic N) is 7. The Morgan fingerprint density at radius 3 is 2.55 bits per heavy atom. The van der Waals surface area contributed by atoms with Gasteiger partial charge in [-0.05, 0) is 70.4 Å². The molecule has 1 saturated heterocycles. The second kappa shape index (κ2) is 12.0. The Hall–Kier alpha value is -4.87. The van der Waals surface area contributed by atoms with Gasteiger partial charge in [0, 0.05) is 37.2 Å². The number of piperidine rings is 1. The molecule has 1 fully saturated rings. The van der Waals surface area contributed by atoms with E-state index in [-0.39, 0.29) is 18.0 Å². The Kier molecular flexibility index (Phi) is 7.98. The van der Waals surface area contributed by atoms with E-state index in [1.807, 2.05) is 68.0 Å². The first-order valence-corrected chi connectivity index (χ1v) is 14.7. The van der Waals surface area contributed by atoms with Gasteiger partial charge in [0.05, 0.1) is 24.5 Å². The monoisotopic (exact) mass is 601 g/mol. The molecule has 0 aliphatic carbocycles. The van der Waals surface area contributed by atoms with Crippen molar-refractivity contribution in [2.75, 3.05) is 19.6 Å². The standard InChI is InChI=1S/C32H36FN7O4/c1-22-30(35-36-40(22)26-10-13-38(14-11-26)31(41)44-32(2,3)4)24-19-28(27-9-12-34-39(27)20-24)43-29(21-37-15-17-42-18-16-37)23-5-7-25(33)8-6-23/h5-9,12,15-20,26,29H,10-11,13-14,21H2,1-4H3. The van der Waals surface area contributed by atoms with Crippen LogP contribution in [0.2, 0.25) is 0 Å². The molecule has 0 saturated carbocycles. The van der Waals surface area contributed by atoms with Crippen LogP contribution in [0.25, 0.3) is 16.8 Å². The van der Waals surface area contributed by atoms with Crippen molar-refractivity contribution in [3.8, 4) is 17.0 Å². The zero-order valence-corrected chi connectivity index (χ0v) is 25.3. The lowest BCUT2D eigenvalue weighted by molar-refractivity contribution is 0.0183. The normalized spacial score (nSPS) is 16.3. The molecule has 0 bridgehead atoms. The van der Waals surface area contributed by atoms with Crippen molar-refractivity contribution < 1.29 is 23.4 Å². The highest BCUT2D eigenvalue weighted by atomic mass is 19.1. The van der Waals surface area contributed by atoms with E-state index >= 15 is 0 Å². The van der Waals surface area contributed by atoms with Crippen LogP contribution >= 0.6 is 0 Å². The van der Waals surface area contributed by atoms with Gasteiger partial charge in [0.25, 0.3) is 0 Å². The first-order chi connectivity index (χ1) is 21.1. The second-order valence-corrected chi connectivity index (χ2v) is 12.0. The molecule has 5 heterocycles. The Labute approximate surface area is 255 Å². The van der Waals surface area contributed by atoms with Crippen molar-refractivity contribution in [2.24, 2.45) is 0 Å². The fourth-order valence-electron chi connectivity index (χ4n) is 5.47. The van der Waals surface area contributed by atoms with Crippen molar-refractivity contribution in [1.82, 2.24) is 34.4 Å². The number of rotatable bonds is 7. The summed E-state index contributed by atoms with van der Waals surface area (Å²) < 4.78 is 34.9. The van der Waals surface area contributed by atoms with E-state index in [1.165, 1.54) is 12.1 Å². The highest BCUT2D eigenvalue weighted by molar-refractivity contribution is 5.70. The molecule has 3 aromatic heterocycles. The van der Waals surface area contributed by atoms with E-state index in [1.54, 1.807) is 40.3 Å². The van der Waals surface area contributed by atoms with Crippen LogP contribution in [0.1, 0.15) is 57.0 Å². The number of amides is 1. The van der Waals surface area contributed by atoms with Crippen LogP contribution in [0.5, 0.6) is 5.75 Å². The summed E-state index contributed by atoms with van der Waals surface area (Å²) in [6, 6.07) is 10.3. The van der Waals surface area contributed by atoms with Crippen LogP contribution in [0.3, 0.4) is 0 Å². The average Bonchev–Trinajstić information content (AvgIpc) is 3.64. The molecule has 0 N–H and O–H groups in total. The number of benzene rings is 1. The number of ether oxygens (including phenoxy) is 3. The predicted octanol–water partition coefficient (Wildman–Crippen LogP) is 6.01. The predicted molar refractivity (Wildman–Crippen MR) is 161 cm³/mol. The highest BCUT2D eigenvalue weighted by Crippen LogP contribution is 2.34. The van der Waals surface area contributed by atoms with E-state index in [0.29, 0.717) is 25.4 Å². The second-order valence-electron chi connectivity index (χ2n) is 12.0. The zero-order valence-electron chi connectivity index (χ0n) is 25.3. The van der Waals surface area contributed by atoms with Crippen LogP contribution in [-0.4, -0.2) is 65.7 Å².